The van der Waals surface area contributed by atoms with Crippen molar-refractivity contribution < 1.29 is 13.6 Å². The zero-order valence-electron chi connectivity index (χ0n) is 11.1. The predicted octanol–water partition coefficient (Wildman–Crippen LogP) is 2.92. The van der Waals surface area contributed by atoms with Crippen LogP contribution in [0.4, 0.5) is 14.5 Å². The third kappa shape index (κ3) is 3.03. The fourth-order valence-electron chi connectivity index (χ4n) is 2.34. The molecule has 0 bridgehead atoms. The van der Waals surface area contributed by atoms with Crippen molar-refractivity contribution in [2.24, 2.45) is 5.92 Å². The molecular weight excluding hydrogens is 250 g/mol. The largest absolute Gasteiger partial charge is 0.381 e. The maximum absolute atomic E-state index is 13.7. The predicted molar refractivity (Wildman–Crippen MR) is 70.2 cm³/mol. The number of carbonyl (C=O) groups is 1. The Bertz CT molecular complexity index is 461. The first-order chi connectivity index (χ1) is 9.01. The summed E-state index contributed by atoms with van der Waals surface area (Å²) >= 11 is 0. The summed E-state index contributed by atoms with van der Waals surface area (Å²) < 4.78 is 27.3. The first-order valence-electron chi connectivity index (χ1n) is 6.55. The van der Waals surface area contributed by atoms with Gasteiger partial charge in [0.05, 0.1) is 0 Å². The highest BCUT2D eigenvalue weighted by atomic mass is 19.1. The molecular formula is C14H18F2N2O. The lowest BCUT2D eigenvalue weighted by molar-refractivity contribution is 0.0895. The average molecular weight is 268 g/mol. The lowest BCUT2D eigenvalue weighted by atomic mass is 9.82. The Hall–Kier alpha value is -1.65. The van der Waals surface area contributed by atoms with E-state index in [9.17, 15) is 13.6 Å². The molecule has 0 saturated heterocycles. The summed E-state index contributed by atoms with van der Waals surface area (Å²) in [7, 11) is 0. The number of rotatable bonds is 4. The first kappa shape index (κ1) is 13.8. The van der Waals surface area contributed by atoms with E-state index in [0.29, 0.717) is 12.5 Å². The molecule has 0 aromatic heterocycles. The molecule has 0 radical (unpaired) electrons. The van der Waals surface area contributed by atoms with Crippen LogP contribution >= 0.6 is 0 Å². The molecule has 3 nitrogen and oxygen atoms in total. The SMILES string of the molecule is CCNc1c(F)cc(C(=O)NC2CC(C)C2)cc1F. The molecule has 0 spiro atoms. The number of hydrogen-bond donors (Lipinski definition) is 2. The summed E-state index contributed by atoms with van der Waals surface area (Å²) in [6.07, 6.45) is 1.85. The van der Waals surface area contributed by atoms with Crippen molar-refractivity contribution in [2.75, 3.05) is 11.9 Å². The van der Waals surface area contributed by atoms with Gasteiger partial charge >= 0.3 is 0 Å². The lowest BCUT2D eigenvalue weighted by Gasteiger charge is -2.33. The highest BCUT2D eigenvalue weighted by Gasteiger charge is 2.27. The van der Waals surface area contributed by atoms with Gasteiger partial charge in [-0.25, -0.2) is 8.78 Å². The van der Waals surface area contributed by atoms with Crippen molar-refractivity contribution in [1.29, 1.82) is 0 Å². The van der Waals surface area contributed by atoms with Crippen LogP contribution in [0, 0.1) is 17.6 Å². The van der Waals surface area contributed by atoms with E-state index in [1.807, 2.05) is 0 Å². The van der Waals surface area contributed by atoms with Gasteiger partial charge in [-0.1, -0.05) is 6.92 Å². The second-order valence-corrected chi connectivity index (χ2v) is 5.09. The van der Waals surface area contributed by atoms with Gasteiger partial charge in [0, 0.05) is 18.2 Å². The fourth-order valence-corrected chi connectivity index (χ4v) is 2.34. The van der Waals surface area contributed by atoms with Crippen molar-refractivity contribution in [1.82, 2.24) is 5.32 Å². The molecule has 1 saturated carbocycles. The second-order valence-electron chi connectivity index (χ2n) is 5.09. The van der Waals surface area contributed by atoms with Gasteiger partial charge in [-0.15, -0.1) is 0 Å². The van der Waals surface area contributed by atoms with Crippen LogP contribution in [0.5, 0.6) is 0 Å². The molecule has 2 N–H and O–H groups in total. The third-order valence-electron chi connectivity index (χ3n) is 3.37. The van der Waals surface area contributed by atoms with Crippen molar-refractivity contribution >= 4 is 11.6 Å². The molecule has 5 heteroatoms. The Morgan fingerprint density at radius 1 is 1.32 bits per heavy atom. The Balaban J connectivity index is 2.10. The van der Waals surface area contributed by atoms with Crippen LogP contribution in [-0.2, 0) is 0 Å². The smallest absolute Gasteiger partial charge is 0.251 e. The standard InChI is InChI=1S/C14H18F2N2O/c1-3-17-13-11(15)6-9(7-12(13)16)14(19)18-10-4-8(2)5-10/h6-8,10,17H,3-5H2,1-2H3,(H,18,19). The van der Waals surface area contributed by atoms with Crippen LogP contribution in [0.1, 0.15) is 37.0 Å². The van der Waals surface area contributed by atoms with Crippen LogP contribution in [0.3, 0.4) is 0 Å². The molecule has 104 valence electrons. The van der Waals surface area contributed by atoms with Crippen LogP contribution < -0.4 is 10.6 Å². The second kappa shape index (κ2) is 5.55. The molecule has 1 fully saturated rings. The van der Waals surface area contributed by atoms with Gasteiger partial charge in [0.25, 0.3) is 5.91 Å². The maximum Gasteiger partial charge on any atom is 0.251 e. The number of benzene rings is 1. The zero-order chi connectivity index (χ0) is 14.0. The summed E-state index contributed by atoms with van der Waals surface area (Å²) in [6.45, 7) is 4.27. The van der Waals surface area contributed by atoms with Crippen molar-refractivity contribution in [2.45, 2.75) is 32.7 Å². The number of nitrogens with one attached hydrogen (secondary N) is 2. The Morgan fingerprint density at radius 3 is 2.37 bits per heavy atom. The van der Waals surface area contributed by atoms with E-state index in [0.717, 1.165) is 25.0 Å². The molecule has 0 heterocycles. The molecule has 19 heavy (non-hydrogen) atoms. The van der Waals surface area contributed by atoms with Crippen LogP contribution in [0.25, 0.3) is 0 Å². The summed E-state index contributed by atoms with van der Waals surface area (Å²) in [5.41, 5.74) is -0.160. The Labute approximate surface area is 111 Å². The molecule has 1 amide bonds. The summed E-state index contributed by atoms with van der Waals surface area (Å²) in [5, 5.41) is 5.37. The van der Waals surface area contributed by atoms with Crippen molar-refractivity contribution in [3.8, 4) is 0 Å². The molecule has 0 aliphatic heterocycles. The van der Waals surface area contributed by atoms with Crippen LogP contribution in [-0.4, -0.2) is 18.5 Å². The molecule has 0 unspecified atom stereocenters. The number of amides is 1. The summed E-state index contributed by atoms with van der Waals surface area (Å²) in [5.74, 6) is -1.30. The van der Waals surface area contributed by atoms with Crippen molar-refractivity contribution in [3.05, 3.63) is 29.3 Å². The minimum atomic E-state index is -0.742. The van der Waals surface area contributed by atoms with E-state index < -0.39 is 17.5 Å². The van der Waals surface area contributed by atoms with Gasteiger partial charge in [0.1, 0.15) is 17.3 Å². The highest BCUT2D eigenvalue weighted by Crippen LogP contribution is 2.27. The van der Waals surface area contributed by atoms with Gasteiger partial charge in [0.2, 0.25) is 0 Å². The van der Waals surface area contributed by atoms with Crippen LogP contribution in [0.2, 0.25) is 0 Å². The number of halogens is 2. The topological polar surface area (TPSA) is 41.1 Å². The van der Waals surface area contributed by atoms with E-state index in [2.05, 4.69) is 17.6 Å². The van der Waals surface area contributed by atoms with Gasteiger partial charge < -0.3 is 10.6 Å². The Morgan fingerprint density at radius 2 is 1.89 bits per heavy atom. The third-order valence-corrected chi connectivity index (χ3v) is 3.37. The molecule has 0 atom stereocenters. The van der Waals surface area contributed by atoms with Gasteiger partial charge in [-0.3, -0.25) is 4.79 Å². The minimum Gasteiger partial charge on any atom is -0.381 e. The average Bonchev–Trinajstić information content (AvgIpc) is 2.31. The van der Waals surface area contributed by atoms with Gasteiger partial charge in [-0.05, 0) is 37.8 Å². The minimum absolute atomic E-state index is 0.0243. The summed E-state index contributed by atoms with van der Waals surface area (Å²) in [6, 6.07) is 2.26. The molecule has 1 aliphatic carbocycles. The number of hydrogen-bond acceptors (Lipinski definition) is 2. The quantitative estimate of drug-likeness (QED) is 0.881. The van der Waals surface area contributed by atoms with E-state index in [1.165, 1.54) is 0 Å². The van der Waals surface area contributed by atoms with Crippen LogP contribution in [0.15, 0.2) is 12.1 Å². The molecule has 1 aromatic rings. The molecule has 1 aromatic carbocycles. The monoisotopic (exact) mass is 268 g/mol. The van der Waals surface area contributed by atoms with E-state index in [-0.39, 0.29) is 17.3 Å². The maximum atomic E-state index is 13.7. The number of carbonyl (C=O) groups excluding carboxylic acids is 1. The normalized spacial score (nSPS) is 21.7. The lowest BCUT2D eigenvalue weighted by Crippen LogP contribution is -2.43. The molecule has 2 rings (SSSR count). The van der Waals surface area contributed by atoms with Gasteiger partial charge in [-0.2, -0.15) is 0 Å². The van der Waals surface area contributed by atoms with E-state index in [4.69, 9.17) is 0 Å². The Kier molecular flexibility index (Phi) is 4.02. The highest BCUT2D eigenvalue weighted by molar-refractivity contribution is 5.94. The number of anilines is 1. The van der Waals surface area contributed by atoms with Gasteiger partial charge in [0.15, 0.2) is 0 Å². The molecule has 1 aliphatic rings. The summed E-state index contributed by atoms with van der Waals surface area (Å²) in [4.78, 5) is 11.9. The zero-order valence-corrected chi connectivity index (χ0v) is 11.1. The van der Waals surface area contributed by atoms with E-state index >= 15 is 0 Å². The fraction of sp³-hybridized carbons (Fsp3) is 0.500. The van der Waals surface area contributed by atoms with E-state index in [1.54, 1.807) is 6.92 Å². The van der Waals surface area contributed by atoms with Crippen molar-refractivity contribution in [3.63, 3.8) is 0 Å². The first-order valence-corrected chi connectivity index (χ1v) is 6.55.